The molecule has 8 nitrogen and oxygen atoms in total. The van der Waals surface area contributed by atoms with Gasteiger partial charge in [-0.3, -0.25) is 4.90 Å². The lowest BCUT2D eigenvalue weighted by Crippen LogP contribution is -2.64. The summed E-state index contributed by atoms with van der Waals surface area (Å²) in [6.45, 7) is 8.26. The smallest absolute Gasteiger partial charge is 0.475 e. The van der Waals surface area contributed by atoms with Gasteiger partial charge in [0.15, 0.2) is 0 Å². The fourth-order valence-corrected chi connectivity index (χ4v) is 3.88. The van der Waals surface area contributed by atoms with Crippen LogP contribution in [0.1, 0.15) is 36.3 Å². The number of carboxylic acids is 1. The van der Waals surface area contributed by atoms with Gasteiger partial charge in [0, 0.05) is 49.7 Å². The molecule has 2 saturated heterocycles. The minimum atomic E-state index is -5.08. The maximum atomic E-state index is 10.6. The Morgan fingerprint density at radius 1 is 1.17 bits per heavy atom. The molecule has 0 unspecified atom stereocenters. The second-order valence-corrected chi connectivity index (χ2v) is 7.56. The molecular weight excluding hydrogens is 403 g/mol. The van der Waals surface area contributed by atoms with Gasteiger partial charge in [-0.25, -0.2) is 14.8 Å². The van der Waals surface area contributed by atoms with Crippen LogP contribution in [0.2, 0.25) is 0 Å². The summed E-state index contributed by atoms with van der Waals surface area (Å²) < 4.78 is 37.0. The number of carboxylic acid groups (broad SMARTS) is 1. The molecule has 0 saturated carbocycles. The average molecular weight is 427 g/mol. The van der Waals surface area contributed by atoms with Crippen molar-refractivity contribution >= 4 is 11.9 Å². The predicted octanol–water partition coefficient (Wildman–Crippen LogP) is 2.96. The largest absolute Gasteiger partial charge is 0.490 e. The standard InChI is InChI=1S/C17H23N5O.C2HF3O2/c1-13-15(14(2)23-20-13)12-21-9-4-17(5-10-21)6-11-22(17)16-18-7-3-8-19-16;3-2(4,5)1(6)7/h3,7-8H,4-6,9-12H2,1-2H3;(H,6,7). The van der Waals surface area contributed by atoms with E-state index < -0.39 is 12.1 Å². The summed E-state index contributed by atoms with van der Waals surface area (Å²) in [6, 6.07) is 1.88. The number of carbonyl (C=O) groups is 1. The third-order valence-corrected chi connectivity index (χ3v) is 5.76. The van der Waals surface area contributed by atoms with E-state index in [2.05, 4.69) is 24.9 Å². The zero-order valence-electron chi connectivity index (χ0n) is 16.8. The number of likely N-dealkylation sites (tertiary alicyclic amines) is 1. The first-order chi connectivity index (χ1) is 14.1. The van der Waals surface area contributed by atoms with E-state index in [-0.39, 0.29) is 5.54 Å². The molecule has 4 rings (SSSR count). The van der Waals surface area contributed by atoms with Crippen LogP contribution in [0.15, 0.2) is 23.0 Å². The molecule has 2 fully saturated rings. The first-order valence-electron chi connectivity index (χ1n) is 9.61. The molecule has 2 aromatic heterocycles. The van der Waals surface area contributed by atoms with Crippen molar-refractivity contribution in [1.29, 1.82) is 0 Å². The third kappa shape index (κ3) is 4.72. The highest BCUT2D eigenvalue weighted by Crippen LogP contribution is 2.41. The van der Waals surface area contributed by atoms with E-state index in [1.54, 1.807) is 0 Å². The number of nitrogens with zero attached hydrogens (tertiary/aromatic N) is 5. The van der Waals surface area contributed by atoms with Crippen LogP contribution in [0.5, 0.6) is 0 Å². The average Bonchev–Trinajstić information content (AvgIpc) is 3.00. The van der Waals surface area contributed by atoms with E-state index in [0.717, 1.165) is 43.6 Å². The molecule has 4 heterocycles. The Kier molecular flexibility index (Phi) is 6.30. The van der Waals surface area contributed by atoms with Gasteiger partial charge in [-0.2, -0.15) is 13.2 Å². The summed E-state index contributed by atoms with van der Waals surface area (Å²) >= 11 is 0. The van der Waals surface area contributed by atoms with Crippen LogP contribution in [0.3, 0.4) is 0 Å². The lowest BCUT2D eigenvalue weighted by atomic mass is 9.76. The van der Waals surface area contributed by atoms with Crippen LogP contribution in [0.4, 0.5) is 19.1 Å². The first-order valence-corrected chi connectivity index (χ1v) is 9.61. The normalized spacial score (nSPS) is 18.5. The van der Waals surface area contributed by atoms with Gasteiger partial charge in [-0.15, -0.1) is 0 Å². The Morgan fingerprint density at radius 3 is 2.17 bits per heavy atom. The second kappa shape index (κ2) is 8.58. The number of halogens is 3. The minimum absolute atomic E-state index is 0.274. The van der Waals surface area contributed by atoms with Crippen LogP contribution < -0.4 is 4.90 Å². The molecule has 2 aliphatic heterocycles. The van der Waals surface area contributed by atoms with Crippen molar-refractivity contribution in [3.8, 4) is 0 Å². The Bertz CT molecular complexity index is 845. The lowest BCUT2D eigenvalue weighted by molar-refractivity contribution is -0.192. The maximum Gasteiger partial charge on any atom is 0.490 e. The second-order valence-electron chi connectivity index (χ2n) is 7.56. The summed E-state index contributed by atoms with van der Waals surface area (Å²) in [6.07, 6.45) is 2.19. The van der Waals surface area contributed by atoms with Gasteiger partial charge in [0.05, 0.1) is 5.69 Å². The molecular formula is C19H24F3N5O3. The Labute approximate surface area is 171 Å². The highest BCUT2D eigenvalue weighted by molar-refractivity contribution is 5.73. The zero-order valence-corrected chi connectivity index (χ0v) is 16.8. The molecule has 0 bridgehead atoms. The van der Waals surface area contributed by atoms with E-state index in [1.807, 2.05) is 32.3 Å². The summed E-state index contributed by atoms with van der Waals surface area (Å²) in [5.41, 5.74) is 2.54. The summed E-state index contributed by atoms with van der Waals surface area (Å²) in [7, 11) is 0. The van der Waals surface area contributed by atoms with Crippen molar-refractivity contribution in [3.05, 3.63) is 35.5 Å². The number of aryl methyl sites for hydroxylation is 2. The lowest BCUT2D eigenvalue weighted by Gasteiger charge is -2.56. The topological polar surface area (TPSA) is 95.6 Å². The van der Waals surface area contributed by atoms with Crippen molar-refractivity contribution in [2.75, 3.05) is 24.5 Å². The Balaban J connectivity index is 0.000000318. The molecule has 0 amide bonds. The number of rotatable bonds is 3. The highest BCUT2D eigenvalue weighted by atomic mass is 19.4. The summed E-state index contributed by atoms with van der Waals surface area (Å²) in [4.78, 5) is 22.7. The molecule has 0 atom stereocenters. The van der Waals surface area contributed by atoms with E-state index in [4.69, 9.17) is 14.4 Å². The van der Waals surface area contributed by atoms with E-state index in [9.17, 15) is 13.2 Å². The Hall–Kier alpha value is -2.69. The number of hydrogen-bond donors (Lipinski definition) is 1. The third-order valence-electron chi connectivity index (χ3n) is 5.76. The highest BCUT2D eigenvalue weighted by Gasteiger charge is 2.47. The van der Waals surface area contributed by atoms with Gasteiger partial charge >= 0.3 is 12.1 Å². The van der Waals surface area contributed by atoms with Gasteiger partial charge in [-0.05, 0) is 39.2 Å². The molecule has 2 aromatic rings. The number of hydrogen-bond acceptors (Lipinski definition) is 7. The maximum absolute atomic E-state index is 10.6. The fraction of sp³-hybridized carbons (Fsp3) is 0.579. The SMILES string of the molecule is Cc1noc(C)c1CN1CCC2(CC1)CCN2c1ncccn1.O=C(O)C(F)(F)F. The van der Waals surface area contributed by atoms with Crippen molar-refractivity contribution < 1.29 is 27.6 Å². The predicted molar refractivity (Wildman–Crippen MR) is 101 cm³/mol. The van der Waals surface area contributed by atoms with Gasteiger partial charge < -0.3 is 14.5 Å². The van der Waals surface area contributed by atoms with Crippen molar-refractivity contribution in [2.45, 2.75) is 51.4 Å². The molecule has 0 radical (unpaired) electrons. The molecule has 1 N–H and O–H groups in total. The van der Waals surface area contributed by atoms with Crippen molar-refractivity contribution in [3.63, 3.8) is 0 Å². The van der Waals surface area contributed by atoms with Crippen molar-refractivity contribution in [1.82, 2.24) is 20.0 Å². The molecule has 1 spiro atoms. The minimum Gasteiger partial charge on any atom is -0.475 e. The molecule has 164 valence electrons. The summed E-state index contributed by atoms with van der Waals surface area (Å²) in [5, 5.41) is 11.2. The van der Waals surface area contributed by atoms with Crippen LogP contribution in [0, 0.1) is 13.8 Å². The fourth-order valence-electron chi connectivity index (χ4n) is 3.88. The molecule has 30 heavy (non-hydrogen) atoms. The number of piperidine rings is 1. The van der Waals surface area contributed by atoms with E-state index >= 15 is 0 Å². The van der Waals surface area contributed by atoms with Crippen LogP contribution in [-0.4, -0.2) is 62.4 Å². The molecule has 11 heteroatoms. The Morgan fingerprint density at radius 2 is 1.73 bits per heavy atom. The van der Waals surface area contributed by atoms with Gasteiger partial charge in [0.1, 0.15) is 5.76 Å². The van der Waals surface area contributed by atoms with E-state index in [0.29, 0.717) is 0 Å². The first kappa shape index (κ1) is 22.0. The molecule has 0 aromatic carbocycles. The van der Waals surface area contributed by atoms with Crippen molar-refractivity contribution in [2.24, 2.45) is 0 Å². The van der Waals surface area contributed by atoms with E-state index in [1.165, 1.54) is 24.8 Å². The number of anilines is 1. The quantitative estimate of drug-likeness (QED) is 0.799. The number of aromatic nitrogens is 3. The van der Waals surface area contributed by atoms with Gasteiger partial charge in [0.2, 0.25) is 5.95 Å². The van der Waals surface area contributed by atoms with Crippen LogP contribution in [0.25, 0.3) is 0 Å². The zero-order chi connectivity index (χ0) is 21.9. The monoisotopic (exact) mass is 427 g/mol. The van der Waals surface area contributed by atoms with Gasteiger partial charge in [0.25, 0.3) is 0 Å². The molecule has 2 aliphatic rings. The van der Waals surface area contributed by atoms with Crippen LogP contribution >= 0.6 is 0 Å². The summed E-state index contributed by atoms with van der Waals surface area (Å²) in [5.74, 6) is -0.920. The molecule has 0 aliphatic carbocycles. The number of alkyl halides is 3. The van der Waals surface area contributed by atoms with Crippen LogP contribution in [-0.2, 0) is 11.3 Å². The number of aliphatic carboxylic acids is 1. The van der Waals surface area contributed by atoms with Gasteiger partial charge in [-0.1, -0.05) is 5.16 Å².